The fraction of sp³-hybridized carbons (Fsp3) is 0.526. The SMILES string of the molecule is CCCN1C(=O)CC(C(=O)NCCSSCCC(=O)O)C1c1ccccc1. The van der Waals surface area contributed by atoms with Crippen molar-refractivity contribution in [1.29, 1.82) is 0 Å². The molecule has 1 fully saturated rings. The van der Waals surface area contributed by atoms with Gasteiger partial charge in [0.2, 0.25) is 11.8 Å². The zero-order valence-electron chi connectivity index (χ0n) is 15.4. The van der Waals surface area contributed by atoms with Gasteiger partial charge in [-0.15, -0.1) is 0 Å². The molecule has 148 valence electrons. The van der Waals surface area contributed by atoms with Crippen molar-refractivity contribution < 1.29 is 19.5 Å². The van der Waals surface area contributed by atoms with Gasteiger partial charge in [0.05, 0.1) is 18.4 Å². The number of carboxylic acids is 1. The summed E-state index contributed by atoms with van der Waals surface area (Å²) in [4.78, 5) is 37.5. The van der Waals surface area contributed by atoms with Crippen molar-refractivity contribution in [2.24, 2.45) is 5.92 Å². The van der Waals surface area contributed by atoms with Crippen molar-refractivity contribution in [2.75, 3.05) is 24.6 Å². The number of hydrogen-bond acceptors (Lipinski definition) is 5. The predicted molar refractivity (Wildman–Crippen MR) is 109 cm³/mol. The molecule has 0 saturated carbocycles. The molecule has 6 nitrogen and oxygen atoms in total. The monoisotopic (exact) mass is 410 g/mol. The predicted octanol–water partition coefficient (Wildman–Crippen LogP) is 2.96. The van der Waals surface area contributed by atoms with Crippen molar-refractivity contribution in [2.45, 2.75) is 32.2 Å². The van der Waals surface area contributed by atoms with Crippen LogP contribution in [0.3, 0.4) is 0 Å². The van der Waals surface area contributed by atoms with Crippen LogP contribution in [0, 0.1) is 5.92 Å². The second-order valence-corrected chi connectivity index (χ2v) is 9.03. The number of carboxylic acid groups (broad SMARTS) is 1. The van der Waals surface area contributed by atoms with E-state index in [1.165, 1.54) is 10.8 Å². The van der Waals surface area contributed by atoms with Gasteiger partial charge < -0.3 is 15.3 Å². The second kappa shape index (κ2) is 11.2. The summed E-state index contributed by atoms with van der Waals surface area (Å²) < 4.78 is 0. The Labute approximate surface area is 167 Å². The first kappa shape index (κ1) is 21.6. The zero-order valence-corrected chi connectivity index (χ0v) is 17.1. The Balaban J connectivity index is 1.89. The Morgan fingerprint density at radius 2 is 1.93 bits per heavy atom. The van der Waals surface area contributed by atoms with E-state index in [0.29, 0.717) is 24.6 Å². The molecular weight excluding hydrogens is 384 g/mol. The van der Waals surface area contributed by atoms with Crippen molar-refractivity contribution in [3.05, 3.63) is 35.9 Å². The molecule has 1 aromatic carbocycles. The second-order valence-electron chi connectivity index (χ2n) is 6.33. The summed E-state index contributed by atoms with van der Waals surface area (Å²) in [6.45, 7) is 3.18. The number of nitrogens with one attached hydrogen (secondary N) is 1. The molecule has 1 heterocycles. The van der Waals surface area contributed by atoms with E-state index in [1.807, 2.05) is 42.2 Å². The fourth-order valence-electron chi connectivity index (χ4n) is 3.19. The Hall–Kier alpha value is -1.67. The third kappa shape index (κ3) is 6.46. The minimum Gasteiger partial charge on any atom is -0.481 e. The number of carbonyl (C=O) groups excluding carboxylic acids is 2. The summed E-state index contributed by atoms with van der Waals surface area (Å²) in [5.74, 6) is 0.0109. The highest BCUT2D eigenvalue weighted by molar-refractivity contribution is 8.76. The van der Waals surface area contributed by atoms with Crippen LogP contribution in [0.4, 0.5) is 0 Å². The van der Waals surface area contributed by atoms with Gasteiger partial charge >= 0.3 is 5.97 Å². The largest absolute Gasteiger partial charge is 0.481 e. The van der Waals surface area contributed by atoms with Crippen LogP contribution in [0.25, 0.3) is 0 Å². The molecule has 8 heteroatoms. The molecule has 1 saturated heterocycles. The summed E-state index contributed by atoms with van der Waals surface area (Å²) in [5, 5.41) is 11.5. The molecule has 1 aliphatic rings. The van der Waals surface area contributed by atoms with Gasteiger partial charge in [-0.25, -0.2) is 0 Å². The molecule has 0 aromatic heterocycles. The maximum Gasteiger partial charge on any atom is 0.304 e. The molecule has 2 N–H and O–H groups in total. The van der Waals surface area contributed by atoms with Crippen LogP contribution < -0.4 is 5.32 Å². The van der Waals surface area contributed by atoms with Gasteiger partial charge in [-0.3, -0.25) is 14.4 Å². The van der Waals surface area contributed by atoms with Gasteiger partial charge in [-0.1, -0.05) is 58.8 Å². The zero-order chi connectivity index (χ0) is 19.6. The molecule has 0 spiro atoms. The number of likely N-dealkylation sites (tertiary alicyclic amines) is 1. The van der Waals surface area contributed by atoms with E-state index < -0.39 is 5.97 Å². The lowest BCUT2D eigenvalue weighted by Crippen LogP contribution is -2.36. The Morgan fingerprint density at radius 1 is 1.22 bits per heavy atom. The fourth-order valence-corrected chi connectivity index (χ4v) is 5.07. The van der Waals surface area contributed by atoms with Crippen molar-refractivity contribution in [3.63, 3.8) is 0 Å². The number of hydrogen-bond donors (Lipinski definition) is 2. The third-order valence-electron chi connectivity index (χ3n) is 4.34. The average molecular weight is 411 g/mol. The maximum absolute atomic E-state index is 12.7. The highest BCUT2D eigenvalue weighted by Gasteiger charge is 2.43. The van der Waals surface area contributed by atoms with Crippen LogP contribution in [-0.4, -0.2) is 52.4 Å². The van der Waals surface area contributed by atoms with Gasteiger partial charge in [-0.2, -0.15) is 0 Å². The Kier molecular flexibility index (Phi) is 9.00. The van der Waals surface area contributed by atoms with Crippen LogP contribution in [0.1, 0.15) is 37.8 Å². The third-order valence-corrected chi connectivity index (χ3v) is 6.75. The molecule has 0 bridgehead atoms. The van der Waals surface area contributed by atoms with Gasteiger partial charge in [0, 0.05) is 31.0 Å². The first-order chi connectivity index (χ1) is 13.0. The number of nitrogens with zero attached hydrogens (tertiary/aromatic N) is 1. The molecule has 1 aromatic rings. The van der Waals surface area contributed by atoms with E-state index in [-0.39, 0.29) is 36.6 Å². The van der Waals surface area contributed by atoms with E-state index in [4.69, 9.17) is 5.11 Å². The standard InChI is InChI=1S/C19H26N2O4S2/c1-2-10-21-16(22)13-15(18(21)14-6-4-3-5-7-14)19(25)20-9-12-27-26-11-8-17(23)24/h3-7,15,18H,2,8-13H2,1H3,(H,20,25)(H,23,24). The minimum absolute atomic E-state index is 0.0319. The Morgan fingerprint density at radius 3 is 2.59 bits per heavy atom. The summed E-state index contributed by atoms with van der Waals surface area (Å²) in [6, 6.07) is 9.53. The highest BCUT2D eigenvalue weighted by atomic mass is 33.1. The van der Waals surface area contributed by atoms with Crippen molar-refractivity contribution >= 4 is 39.4 Å². The lowest BCUT2D eigenvalue weighted by atomic mass is 9.92. The molecule has 2 rings (SSSR count). The summed E-state index contributed by atoms with van der Waals surface area (Å²) in [7, 11) is 3.04. The first-order valence-corrected chi connectivity index (χ1v) is 11.6. The van der Waals surface area contributed by atoms with Gasteiger partial charge in [-0.05, 0) is 12.0 Å². The molecule has 1 aliphatic heterocycles. The average Bonchev–Trinajstić information content (AvgIpc) is 2.98. The van der Waals surface area contributed by atoms with Crippen LogP contribution >= 0.6 is 21.6 Å². The lowest BCUT2D eigenvalue weighted by molar-refractivity contribution is -0.136. The van der Waals surface area contributed by atoms with Crippen LogP contribution in [-0.2, 0) is 14.4 Å². The normalized spacial score (nSPS) is 19.3. The smallest absolute Gasteiger partial charge is 0.304 e. The van der Waals surface area contributed by atoms with Crippen molar-refractivity contribution in [3.8, 4) is 0 Å². The number of amides is 2. The summed E-state index contributed by atoms with van der Waals surface area (Å²) >= 11 is 0. The Bertz CT molecular complexity index is 642. The molecule has 0 aliphatic carbocycles. The molecule has 2 amide bonds. The van der Waals surface area contributed by atoms with E-state index in [0.717, 1.165) is 12.0 Å². The molecular formula is C19H26N2O4S2. The minimum atomic E-state index is -0.800. The van der Waals surface area contributed by atoms with Gasteiger partial charge in [0.15, 0.2) is 0 Å². The first-order valence-electron chi connectivity index (χ1n) is 9.13. The molecule has 27 heavy (non-hydrogen) atoms. The molecule has 2 atom stereocenters. The van der Waals surface area contributed by atoms with Crippen LogP contribution in [0.2, 0.25) is 0 Å². The summed E-state index contributed by atoms with van der Waals surface area (Å²) in [6.07, 6.45) is 1.24. The number of aliphatic carboxylic acids is 1. The maximum atomic E-state index is 12.7. The van der Waals surface area contributed by atoms with E-state index in [2.05, 4.69) is 5.32 Å². The van der Waals surface area contributed by atoms with E-state index >= 15 is 0 Å². The quantitative estimate of drug-likeness (QED) is 0.431. The van der Waals surface area contributed by atoms with Gasteiger partial charge in [0.1, 0.15) is 0 Å². The molecule has 0 radical (unpaired) electrons. The van der Waals surface area contributed by atoms with Crippen molar-refractivity contribution in [1.82, 2.24) is 10.2 Å². The van der Waals surface area contributed by atoms with E-state index in [1.54, 1.807) is 10.8 Å². The number of carbonyl (C=O) groups is 3. The number of rotatable bonds is 11. The van der Waals surface area contributed by atoms with Crippen LogP contribution in [0.15, 0.2) is 30.3 Å². The van der Waals surface area contributed by atoms with Gasteiger partial charge in [0.25, 0.3) is 0 Å². The number of benzene rings is 1. The highest BCUT2D eigenvalue weighted by Crippen LogP contribution is 2.38. The topological polar surface area (TPSA) is 86.7 Å². The van der Waals surface area contributed by atoms with Crippen LogP contribution in [0.5, 0.6) is 0 Å². The van der Waals surface area contributed by atoms with E-state index in [9.17, 15) is 14.4 Å². The summed E-state index contributed by atoms with van der Waals surface area (Å²) in [5.41, 5.74) is 0.996. The molecule has 2 unspecified atom stereocenters. The lowest BCUT2D eigenvalue weighted by Gasteiger charge is -2.28.